The average molecular weight is 1250 g/mol. The Morgan fingerprint density at radius 3 is 0.966 bits per heavy atom. The molecule has 2 atom stereocenters. The lowest BCUT2D eigenvalue weighted by molar-refractivity contribution is -0.870. The smallest absolute Gasteiger partial charge is 0.361 e. The fourth-order valence-electron chi connectivity index (χ4n) is 10.9. The zero-order valence-electron chi connectivity index (χ0n) is 59.1. The molecule has 0 aromatic carbocycles. The van der Waals surface area contributed by atoms with Crippen molar-refractivity contribution in [3.8, 4) is 0 Å². The molecule has 0 fully saturated rings. The second-order valence-corrected chi connectivity index (χ2v) is 26.6. The number of quaternary nitrogens is 1. The van der Waals surface area contributed by atoms with Crippen LogP contribution in [0.5, 0.6) is 0 Å². The lowest BCUT2D eigenvalue weighted by Gasteiger charge is -2.25. The van der Waals surface area contributed by atoms with E-state index in [9.17, 15) is 19.5 Å². The van der Waals surface area contributed by atoms with Crippen molar-refractivity contribution in [2.75, 3.05) is 47.5 Å². The van der Waals surface area contributed by atoms with E-state index in [1.807, 2.05) is 21.1 Å². The van der Waals surface area contributed by atoms with Crippen LogP contribution >= 0.6 is 0 Å². The molecular formula is C80H144NO8+. The van der Waals surface area contributed by atoms with Gasteiger partial charge in [-0.25, -0.2) is 4.79 Å². The third-order valence-electron chi connectivity index (χ3n) is 16.6. The summed E-state index contributed by atoms with van der Waals surface area (Å²) in [5.41, 5.74) is 0. The van der Waals surface area contributed by atoms with Crippen LogP contribution in [0.3, 0.4) is 0 Å². The summed E-state index contributed by atoms with van der Waals surface area (Å²) in [6.45, 7) is 4.78. The number of allylic oxidation sites excluding steroid dienone is 14. The van der Waals surface area contributed by atoms with Gasteiger partial charge < -0.3 is 28.5 Å². The molecule has 0 amide bonds. The minimum atomic E-state index is -1.52. The Labute approximate surface area is 550 Å². The van der Waals surface area contributed by atoms with Gasteiger partial charge in [0.15, 0.2) is 6.10 Å². The molecule has 2 unspecified atom stereocenters. The predicted molar refractivity (Wildman–Crippen MR) is 382 cm³/mol. The molecule has 516 valence electrons. The Hall–Kier alpha value is -3.53. The van der Waals surface area contributed by atoms with Crippen molar-refractivity contribution in [2.45, 2.75) is 360 Å². The molecule has 1 N–H and O–H groups in total. The molecule has 0 bridgehead atoms. The number of nitrogens with zero attached hydrogens (tertiary/aromatic N) is 1. The molecule has 0 aliphatic rings. The molecule has 0 heterocycles. The van der Waals surface area contributed by atoms with Crippen molar-refractivity contribution in [2.24, 2.45) is 0 Å². The first kappa shape index (κ1) is 85.5. The molecule has 0 aromatic heterocycles. The van der Waals surface area contributed by atoms with Gasteiger partial charge in [0, 0.05) is 12.8 Å². The van der Waals surface area contributed by atoms with Gasteiger partial charge in [-0.1, -0.05) is 330 Å². The minimum Gasteiger partial charge on any atom is -0.477 e. The maximum atomic E-state index is 12.9. The van der Waals surface area contributed by atoms with Gasteiger partial charge in [-0.3, -0.25) is 9.59 Å². The summed E-state index contributed by atoms with van der Waals surface area (Å²) in [4.78, 5) is 37.6. The Morgan fingerprint density at radius 2 is 0.640 bits per heavy atom. The van der Waals surface area contributed by atoms with Crippen LogP contribution in [0.25, 0.3) is 0 Å². The van der Waals surface area contributed by atoms with E-state index >= 15 is 0 Å². The van der Waals surface area contributed by atoms with E-state index in [-0.39, 0.29) is 32.2 Å². The normalized spacial score (nSPS) is 13.1. The second kappa shape index (κ2) is 70.3. The van der Waals surface area contributed by atoms with E-state index in [0.717, 1.165) is 96.3 Å². The molecule has 9 nitrogen and oxygen atoms in total. The van der Waals surface area contributed by atoms with Crippen LogP contribution in [0.15, 0.2) is 85.1 Å². The Balaban J connectivity index is 4.01. The van der Waals surface area contributed by atoms with Crippen molar-refractivity contribution in [1.29, 1.82) is 0 Å². The first-order chi connectivity index (χ1) is 43.6. The summed E-state index contributed by atoms with van der Waals surface area (Å²) in [6, 6.07) is 0. The maximum absolute atomic E-state index is 12.9. The lowest BCUT2D eigenvalue weighted by atomic mass is 10.0. The average Bonchev–Trinajstić information content (AvgIpc) is 3.64. The molecule has 0 radical (unpaired) electrons. The first-order valence-corrected chi connectivity index (χ1v) is 37.8. The van der Waals surface area contributed by atoms with Crippen LogP contribution in [-0.4, -0.2) is 87.4 Å². The minimum absolute atomic E-state index is 0.182. The zero-order chi connectivity index (χ0) is 64.7. The van der Waals surface area contributed by atoms with Crippen LogP contribution in [0, 0.1) is 0 Å². The molecule has 9 heteroatoms. The van der Waals surface area contributed by atoms with Gasteiger partial charge in [-0.15, -0.1) is 0 Å². The van der Waals surface area contributed by atoms with Crippen LogP contribution < -0.4 is 0 Å². The van der Waals surface area contributed by atoms with Crippen LogP contribution in [-0.2, 0) is 33.3 Å². The molecule has 0 aliphatic heterocycles. The summed E-state index contributed by atoms with van der Waals surface area (Å²) in [5.74, 6) is -2.01. The number of rotatable bonds is 70. The Morgan fingerprint density at radius 1 is 0.348 bits per heavy atom. The van der Waals surface area contributed by atoms with Crippen molar-refractivity contribution >= 4 is 17.9 Å². The Bertz CT molecular complexity index is 1740. The fourth-order valence-corrected chi connectivity index (χ4v) is 10.9. The maximum Gasteiger partial charge on any atom is 0.361 e. The molecule has 89 heavy (non-hydrogen) atoms. The van der Waals surface area contributed by atoms with Crippen LogP contribution in [0.4, 0.5) is 0 Å². The summed E-state index contributed by atoms with van der Waals surface area (Å²) >= 11 is 0. The third kappa shape index (κ3) is 71.8. The van der Waals surface area contributed by atoms with Gasteiger partial charge >= 0.3 is 17.9 Å². The largest absolute Gasteiger partial charge is 0.477 e. The number of unbranched alkanes of at least 4 members (excludes halogenated alkanes) is 41. The zero-order valence-corrected chi connectivity index (χ0v) is 59.1. The van der Waals surface area contributed by atoms with Gasteiger partial charge in [-0.2, -0.15) is 0 Å². The topological polar surface area (TPSA) is 108 Å². The molecule has 0 saturated carbocycles. The number of hydrogen-bond acceptors (Lipinski definition) is 7. The first-order valence-electron chi connectivity index (χ1n) is 37.8. The highest BCUT2D eigenvalue weighted by molar-refractivity contribution is 5.71. The molecule has 0 spiro atoms. The van der Waals surface area contributed by atoms with E-state index < -0.39 is 24.3 Å². The van der Waals surface area contributed by atoms with E-state index in [2.05, 4.69) is 98.9 Å². The number of carboxylic acid groups (broad SMARTS) is 1. The van der Waals surface area contributed by atoms with Crippen molar-refractivity contribution < 1.29 is 42.9 Å². The standard InChI is InChI=1S/C80H143NO8/c1-6-8-10-12-14-16-18-20-22-24-26-28-30-32-33-34-35-36-37-38-39-40-41-42-43-44-45-47-48-50-52-54-56-58-60-62-64-66-68-70-77(82)87-74-76(75-88-80(79(84)85)86-73-72-81(3,4)5)89-78(83)71-69-67-65-63-61-59-57-55-53-51-49-46-31-29-27-25-23-21-19-17-15-13-11-9-7-2/h9,11,15,17,21,23-24,26-27,29,46,49,53,55,76,80H,6-8,10,12-14,16,18-20,22,25,28,30-45,47-48,50-52,54,56-75H2,1-5H3/p+1/b11-9-,17-15-,23-21-,26-24-,29-27-,49-46-,55-53-. The molecular weight excluding hydrogens is 1100 g/mol. The number of aliphatic carboxylic acids is 1. The summed E-state index contributed by atoms with van der Waals surface area (Å²) in [7, 11) is 5.98. The molecule has 0 rings (SSSR count). The van der Waals surface area contributed by atoms with Crippen LogP contribution in [0.1, 0.15) is 348 Å². The number of carbonyl (C=O) groups excluding carboxylic acids is 2. The highest BCUT2D eigenvalue weighted by Gasteiger charge is 2.25. The Kier molecular flexibility index (Phi) is 67.6. The van der Waals surface area contributed by atoms with Crippen molar-refractivity contribution in [3.05, 3.63) is 85.1 Å². The summed E-state index contributed by atoms with van der Waals surface area (Å²) in [6.07, 6.45) is 93.0. The summed E-state index contributed by atoms with van der Waals surface area (Å²) < 4.78 is 23.0. The highest BCUT2D eigenvalue weighted by Crippen LogP contribution is 2.19. The summed E-state index contributed by atoms with van der Waals surface area (Å²) in [5, 5.41) is 9.75. The monoisotopic (exact) mass is 1250 g/mol. The van der Waals surface area contributed by atoms with E-state index in [0.29, 0.717) is 23.9 Å². The van der Waals surface area contributed by atoms with Gasteiger partial charge in [0.1, 0.15) is 13.2 Å². The number of esters is 2. The highest BCUT2D eigenvalue weighted by atomic mass is 16.7. The number of ether oxygens (including phenoxy) is 4. The number of hydrogen-bond donors (Lipinski definition) is 1. The van der Waals surface area contributed by atoms with Crippen molar-refractivity contribution in [3.63, 3.8) is 0 Å². The molecule has 0 saturated heterocycles. The van der Waals surface area contributed by atoms with Crippen LogP contribution in [0.2, 0.25) is 0 Å². The van der Waals surface area contributed by atoms with Gasteiger partial charge in [-0.05, 0) is 89.9 Å². The van der Waals surface area contributed by atoms with Gasteiger partial charge in [0.2, 0.25) is 0 Å². The van der Waals surface area contributed by atoms with Gasteiger partial charge in [0.05, 0.1) is 34.4 Å². The van der Waals surface area contributed by atoms with E-state index in [1.165, 1.54) is 218 Å². The third-order valence-corrected chi connectivity index (χ3v) is 16.6. The predicted octanol–water partition coefficient (Wildman–Crippen LogP) is 23.8. The SMILES string of the molecule is CC/C=C\C/C=C\C/C=C\C/C=C\C/C=C\C/C=C\CCCCCCCCC(=O)OC(COC(=O)CCCCCCCCCCCCCCCCCCCCCCCCCCCCC/C=C\CCCCCCCCCC)COC(OCC[N+](C)(C)C)C(=O)O. The second-order valence-electron chi connectivity index (χ2n) is 26.6. The van der Waals surface area contributed by atoms with E-state index in [1.54, 1.807) is 0 Å². The molecule has 0 aliphatic carbocycles. The number of carbonyl (C=O) groups is 3. The lowest BCUT2D eigenvalue weighted by Crippen LogP contribution is -2.40. The van der Waals surface area contributed by atoms with Gasteiger partial charge in [0.25, 0.3) is 6.29 Å². The number of likely N-dealkylation sites (N-methyl/N-ethyl adjacent to an activating group) is 1. The van der Waals surface area contributed by atoms with E-state index in [4.69, 9.17) is 18.9 Å². The molecule has 0 aromatic rings. The quantitative estimate of drug-likeness (QED) is 0.0211. The fraction of sp³-hybridized carbons (Fsp3) is 0.787. The van der Waals surface area contributed by atoms with Crippen molar-refractivity contribution in [1.82, 2.24) is 0 Å². The number of carboxylic acids is 1.